The van der Waals surface area contributed by atoms with Gasteiger partial charge < -0.3 is 19.1 Å². The molecule has 4 nitrogen and oxygen atoms in total. The van der Waals surface area contributed by atoms with Gasteiger partial charge in [0, 0.05) is 56.3 Å². The molecule has 0 atom stereocenters. The molecule has 0 saturated heterocycles. The van der Waals surface area contributed by atoms with Gasteiger partial charge in [0.1, 0.15) is 11.5 Å². The van der Waals surface area contributed by atoms with Crippen molar-refractivity contribution in [1.82, 2.24) is 4.57 Å². The number of para-hydroxylation sites is 4. The Bertz CT molecular complexity index is 3180. The van der Waals surface area contributed by atoms with Crippen LogP contribution in [0.2, 0.25) is 0 Å². The fourth-order valence-electron chi connectivity index (χ4n) is 9.58. The van der Waals surface area contributed by atoms with Gasteiger partial charge in [0.15, 0.2) is 0 Å². The van der Waals surface area contributed by atoms with Crippen LogP contribution in [-0.2, 0) is 0 Å². The number of hydrogen-bond donors (Lipinski definition) is 0. The Balaban J connectivity index is 1.20. The van der Waals surface area contributed by atoms with Gasteiger partial charge in [-0.1, -0.05) is 127 Å². The molecule has 2 aliphatic rings. The van der Waals surface area contributed by atoms with Crippen LogP contribution in [0.15, 0.2) is 200 Å². The van der Waals surface area contributed by atoms with E-state index in [1.807, 2.05) is 0 Å². The van der Waals surface area contributed by atoms with E-state index in [4.69, 9.17) is 4.74 Å². The Hall–Kier alpha value is -7.50. The molecule has 5 heteroatoms. The normalized spacial score (nSPS) is 12.6. The molecule has 0 unspecified atom stereocenters. The van der Waals surface area contributed by atoms with Crippen molar-refractivity contribution in [1.29, 1.82) is 0 Å². The topological polar surface area (TPSA) is 20.6 Å². The van der Waals surface area contributed by atoms with Gasteiger partial charge in [-0.25, -0.2) is 0 Å². The maximum absolute atomic E-state index is 7.08. The van der Waals surface area contributed by atoms with E-state index in [0.29, 0.717) is 0 Å². The smallest absolute Gasteiger partial charge is 0.257 e. The summed E-state index contributed by atoms with van der Waals surface area (Å²) in [6, 6.07) is 72.5. The average molecular weight is 742 g/mol. The van der Waals surface area contributed by atoms with Gasteiger partial charge in [-0.3, -0.25) is 0 Å². The van der Waals surface area contributed by atoms with E-state index in [-0.39, 0.29) is 6.71 Å². The van der Waals surface area contributed by atoms with E-state index in [1.54, 1.807) is 0 Å². The van der Waals surface area contributed by atoms with Crippen LogP contribution >= 0.6 is 0 Å². The number of rotatable bonds is 5. The van der Waals surface area contributed by atoms with Crippen LogP contribution < -0.4 is 30.9 Å². The molecule has 10 aromatic rings. The highest BCUT2D eigenvalue weighted by molar-refractivity contribution is 7.00. The zero-order valence-electron chi connectivity index (χ0n) is 31.9. The number of aromatic nitrogens is 1. The van der Waals surface area contributed by atoms with E-state index >= 15 is 0 Å². The highest BCUT2D eigenvalue weighted by Gasteiger charge is 2.44. The number of ether oxygens (including phenoxy) is 1. The molecule has 0 aliphatic carbocycles. The Labute approximate surface area is 337 Å². The van der Waals surface area contributed by atoms with Crippen molar-refractivity contribution in [3.8, 4) is 17.2 Å². The molecule has 0 fully saturated rings. The molecule has 2 aliphatic heterocycles. The minimum absolute atomic E-state index is 0.0873. The maximum Gasteiger partial charge on any atom is 0.257 e. The maximum atomic E-state index is 7.08. The number of benzene rings is 9. The van der Waals surface area contributed by atoms with Gasteiger partial charge in [0.05, 0.1) is 16.7 Å². The summed E-state index contributed by atoms with van der Waals surface area (Å²) in [5.74, 6) is 1.78. The lowest BCUT2D eigenvalue weighted by Gasteiger charge is -2.41. The Morgan fingerprint density at radius 2 is 1.09 bits per heavy atom. The van der Waals surface area contributed by atoms with Gasteiger partial charge in [-0.2, -0.15) is 0 Å². The number of hydrogen-bond acceptors (Lipinski definition) is 3. The second kappa shape index (κ2) is 12.8. The van der Waals surface area contributed by atoms with Crippen molar-refractivity contribution in [2.75, 3.05) is 9.80 Å². The lowest BCUT2D eigenvalue weighted by Crippen LogP contribution is -2.59. The third-order valence-corrected chi connectivity index (χ3v) is 12.1. The zero-order valence-corrected chi connectivity index (χ0v) is 31.9. The van der Waals surface area contributed by atoms with Crippen molar-refractivity contribution in [2.24, 2.45) is 0 Å². The van der Waals surface area contributed by atoms with E-state index < -0.39 is 0 Å². The minimum Gasteiger partial charge on any atom is -0.458 e. The summed E-state index contributed by atoms with van der Waals surface area (Å²) in [6.07, 6.45) is 0. The minimum atomic E-state index is -0.0873. The van der Waals surface area contributed by atoms with Gasteiger partial charge in [0.2, 0.25) is 0 Å². The van der Waals surface area contributed by atoms with Gasteiger partial charge in [0.25, 0.3) is 6.71 Å². The fraction of sp³-hybridized carbons (Fsp3) is 0.0189. The molecule has 0 spiro atoms. The van der Waals surface area contributed by atoms with Crippen LogP contribution in [0.1, 0.15) is 5.56 Å². The first-order chi connectivity index (χ1) is 28.7. The largest absolute Gasteiger partial charge is 0.458 e. The van der Waals surface area contributed by atoms with Gasteiger partial charge in [-0.15, -0.1) is 0 Å². The van der Waals surface area contributed by atoms with Crippen LogP contribution in [0.4, 0.5) is 34.1 Å². The monoisotopic (exact) mass is 741 g/mol. The predicted molar refractivity (Wildman–Crippen MR) is 244 cm³/mol. The van der Waals surface area contributed by atoms with Crippen LogP contribution in [-0.4, -0.2) is 11.3 Å². The van der Waals surface area contributed by atoms with E-state index in [1.165, 1.54) is 49.0 Å². The molecule has 58 heavy (non-hydrogen) atoms. The molecule has 0 amide bonds. The lowest BCUT2D eigenvalue weighted by atomic mass is 9.33. The Morgan fingerprint density at radius 3 is 1.81 bits per heavy atom. The highest BCUT2D eigenvalue weighted by Crippen LogP contribution is 2.47. The van der Waals surface area contributed by atoms with Crippen LogP contribution in [0.5, 0.6) is 11.5 Å². The van der Waals surface area contributed by atoms with Gasteiger partial charge in [-0.05, 0) is 101 Å². The molecule has 9 aromatic carbocycles. The second-order valence-electron chi connectivity index (χ2n) is 15.4. The Morgan fingerprint density at radius 1 is 0.448 bits per heavy atom. The molecule has 0 N–H and O–H groups in total. The van der Waals surface area contributed by atoms with Crippen LogP contribution in [0.3, 0.4) is 0 Å². The molecule has 0 radical (unpaired) electrons. The van der Waals surface area contributed by atoms with Crippen molar-refractivity contribution < 1.29 is 4.74 Å². The molecular formula is C53H36BN3O. The molecule has 0 saturated carbocycles. The third-order valence-electron chi connectivity index (χ3n) is 12.1. The summed E-state index contributed by atoms with van der Waals surface area (Å²) in [5, 5.41) is 4.84. The highest BCUT2D eigenvalue weighted by atomic mass is 16.5. The zero-order chi connectivity index (χ0) is 38.3. The summed E-state index contributed by atoms with van der Waals surface area (Å²) >= 11 is 0. The first-order valence-corrected chi connectivity index (χ1v) is 20.0. The number of fused-ring (bicyclic) bond motifs is 9. The molecule has 1 aromatic heterocycles. The molecule has 272 valence electrons. The standard InChI is InChI=1S/C53H36BN3O/c1-35-28-30-39(31-29-35)57-46-26-15-27-50-53(46)54(44-32-43-41-23-13-14-25-45(41)56(38-20-9-4-10-21-38)48(43)34-51(44)58-50)52-42-24-12-11-22-40(42)47(33-49(52)57)55(36-16-5-2-6-17-36)37-18-7-3-8-19-37/h2-34H,1H3. The quantitative estimate of drug-likeness (QED) is 0.164. The summed E-state index contributed by atoms with van der Waals surface area (Å²) in [5.41, 5.74) is 15.0. The van der Waals surface area contributed by atoms with Gasteiger partial charge >= 0.3 is 0 Å². The van der Waals surface area contributed by atoms with E-state index in [2.05, 4.69) is 221 Å². The first kappa shape index (κ1) is 32.7. The summed E-state index contributed by atoms with van der Waals surface area (Å²) in [4.78, 5) is 4.87. The molecular weight excluding hydrogens is 705 g/mol. The molecule has 3 heterocycles. The van der Waals surface area contributed by atoms with Crippen LogP contribution in [0, 0.1) is 6.92 Å². The number of nitrogens with zero attached hydrogens (tertiary/aromatic N) is 3. The molecule has 0 bridgehead atoms. The van der Waals surface area contributed by atoms with Crippen molar-refractivity contribution >= 4 is 89.8 Å². The fourth-order valence-corrected chi connectivity index (χ4v) is 9.58. The van der Waals surface area contributed by atoms with Crippen LogP contribution in [0.25, 0.3) is 38.3 Å². The van der Waals surface area contributed by atoms with Crippen molar-refractivity contribution in [3.63, 3.8) is 0 Å². The van der Waals surface area contributed by atoms with Crippen molar-refractivity contribution in [2.45, 2.75) is 6.92 Å². The summed E-state index contributed by atoms with van der Waals surface area (Å²) in [7, 11) is 0. The summed E-state index contributed by atoms with van der Waals surface area (Å²) in [6.45, 7) is 2.06. The number of aryl methyl sites for hydroxylation is 1. The van der Waals surface area contributed by atoms with E-state index in [9.17, 15) is 0 Å². The van der Waals surface area contributed by atoms with E-state index in [0.717, 1.165) is 56.8 Å². The second-order valence-corrected chi connectivity index (χ2v) is 15.4. The molecule has 12 rings (SSSR count). The predicted octanol–water partition coefficient (Wildman–Crippen LogP) is 12.1. The first-order valence-electron chi connectivity index (χ1n) is 20.0. The lowest BCUT2D eigenvalue weighted by molar-refractivity contribution is 0.488. The van der Waals surface area contributed by atoms with Crippen molar-refractivity contribution in [3.05, 3.63) is 206 Å². The average Bonchev–Trinajstić information content (AvgIpc) is 3.60. The third kappa shape index (κ3) is 4.83. The Kier molecular flexibility index (Phi) is 7.20. The number of anilines is 6. The SMILES string of the molecule is Cc1ccc(N2c3cccc4c3B(c3cc5c6ccccc6n(-c6ccccc6)c5cc3O4)c3c2cc(N(c2ccccc2)c2ccccc2)c2ccccc32)cc1. The summed E-state index contributed by atoms with van der Waals surface area (Å²) < 4.78 is 9.45.